The highest BCUT2D eigenvalue weighted by Crippen LogP contribution is 2.37. The van der Waals surface area contributed by atoms with E-state index in [4.69, 9.17) is 5.73 Å². The highest BCUT2D eigenvalue weighted by atomic mass is 15.2. The minimum absolute atomic E-state index is 0.609. The Bertz CT molecular complexity index is 402. The summed E-state index contributed by atoms with van der Waals surface area (Å²) in [5.41, 5.74) is 6.93. The smallest absolute Gasteiger partial charge is 0.129 e. The third-order valence-electron chi connectivity index (χ3n) is 4.58. The monoisotopic (exact) mass is 245 g/mol. The Kier molecular flexibility index (Phi) is 3.50. The molecule has 1 saturated heterocycles. The lowest BCUT2D eigenvalue weighted by atomic mass is 9.78. The molecule has 3 nitrogen and oxygen atoms in total. The molecular formula is C15H23N3. The van der Waals surface area contributed by atoms with E-state index in [9.17, 15) is 0 Å². The third-order valence-corrected chi connectivity index (χ3v) is 4.58. The van der Waals surface area contributed by atoms with Gasteiger partial charge in [-0.05, 0) is 49.3 Å². The van der Waals surface area contributed by atoms with E-state index in [2.05, 4.69) is 16.0 Å². The zero-order valence-electron chi connectivity index (χ0n) is 11.0. The van der Waals surface area contributed by atoms with E-state index >= 15 is 0 Å². The molecule has 98 valence electrons. The lowest BCUT2D eigenvalue weighted by Gasteiger charge is -2.44. The van der Waals surface area contributed by atoms with Crippen molar-refractivity contribution in [2.24, 2.45) is 11.7 Å². The summed E-state index contributed by atoms with van der Waals surface area (Å²) in [5, 5.41) is 0. The minimum Gasteiger partial charge on any atom is -0.353 e. The van der Waals surface area contributed by atoms with Crippen LogP contribution in [0.15, 0.2) is 18.3 Å². The number of hydrogen-bond acceptors (Lipinski definition) is 3. The van der Waals surface area contributed by atoms with Gasteiger partial charge in [0.05, 0.1) is 0 Å². The molecule has 1 aromatic rings. The number of piperidine rings is 1. The van der Waals surface area contributed by atoms with Crippen molar-refractivity contribution in [3.8, 4) is 0 Å². The zero-order chi connectivity index (χ0) is 12.4. The number of nitrogens with zero attached hydrogens (tertiary/aromatic N) is 2. The molecule has 1 aliphatic heterocycles. The molecule has 2 unspecified atom stereocenters. The van der Waals surface area contributed by atoms with Gasteiger partial charge in [-0.2, -0.15) is 0 Å². The van der Waals surface area contributed by atoms with Crippen LogP contribution in [0.4, 0.5) is 5.82 Å². The number of rotatable bonds is 2. The molecule has 0 aromatic carbocycles. The van der Waals surface area contributed by atoms with Gasteiger partial charge in [0.2, 0.25) is 0 Å². The predicted octanol–water partition coefficient (Wildman–Crippen LogP) is 2.70. The molecule has 18 heavy (non-hydrogen) atoms. The van der Waals surface area contributed by atoms with E-state index in [1.807, 2.05) is 12.3 Å². The van der Waals surface area contributed by atoms with Crippen LogP contribution < -0.4 is 10.6 Å². The normalized spacial score (nSPS) is 27.9. The highest BCUT2D eigenvalue weighted by Gasteiger charge is 2.33. The van der Waals surface area contributed by atoms with Crippen molar-refractivity contribution in [1.82, 2.24) is 4.98 Å². The van der Waals surface area contributed by atoms with Crippen molar-refractivity contribution in [3.63, 3.8) is 0 Å². The van der Waals surface area contributed by atoms with Crippen LogP contribution in [-0.2, 0) is 6.54 Å². The Hall–Kier alpha value is -1.09. The van der Waals surface area contributed by atoms with Crippen LogP contribution in [0, 0.1) is 5.92 Å². The zero-order valence-corrected chi connectivity index (χ0v) is 11.0. The summed E-state index contributed by atoms with van der Waals surface area (Å²) >= 11 is 0. The number of anilines is 1. The first-order valence-corrected chi connectivity index (χ1v) is 7.30. The van der Waals surface area contributed by atoms with E-state index in [1.165, 1.54) is 50.6 Å². The van der Waals surface area contributed by atoms with Crippen LogP contribution in [-0.4, -0.2) is 17.6 Å². The Labute approximate surface area is 109 Å². The molecule has 2 aliphatic rings. The molecular weight excluding hydrogens is 222 g/mol. The fourth-order valence-electron chi connectivity index (χ4n) is 3.65. The summed E-state index contributed by atoms with van der Waals surface area (Å²) in [5.74, 6) is 2.05. The van der Waals surface area contributed by atoms with Crippen molar-refractivity contribution in [2.75, 3.05) is 11.4 Å². The van der Waals surface area contributed by atoms with Gasteiger partial charge in [-0.15, -0.1) is 0 Å². The first-order chi connectivity index (χ1) is 8.88. The van der Waals surface area contributed by atoms with Crippen LogP contribution in [0.2, 0.25) is 0 Å². The van der Waals surface area contributed by atoms with E-state index in [0.29, 0.717) is 6.54 Å². The minimum atomic E-state index is 0.609. The van der Waals surface area contributed by atoms with Crippen LogP contribution in [0.1, 0.15) is 44.1 Å². The summed E-state index contributed by atoms with van der Waals surface area (Å²) in [6.45, 7) is 1.78. The Morgan fingerprint density at radius 2 is 2.06 bits per heavy atom. The van der Waals surface area contributed by atoms with Gasteiger partial charge in [-0.1, -0.05) is 12.8 Å². The van der Waals surface area contributed by atoms with Crippen LogP contribution in [0.25, 0.3) is 0 Å². The van der Waals surface area contributed by atoms with Gasteiger partial charge < -0.3 is 10.6 Å². The molecule has 0 radical (unpaired) electrons. The maximum absolute atomic E-state index is 5.73. The lowest BCUT2D eigenvalue weighted by molar-refractivity contribution is 0.242. The average molecular weight is 245 g/mol. The quantitative estimate of drug-likeness (QED) is 0.871. The maximum Gasteiger partial charge on any atom is 0.129 e. The van der Waals surface area contributed by atoms with Gasteiger partial charge >= 0.3 is 0 Å². The summed E-state index contributed by atoms with van der Waals surface area (Å²) in [7, 11) is 0. The summed E-state index contributed by atoms with van der Waals surface area (Å²) < 4.78 is 0. The second-order valence-corrected chi connectivity index (χ2v) is 5.67. The van der Waals surface area contributed by atoms with Crippen molar-refractivity contribution in [1.29, 1.82) is 0 Å². The van der Waals surface area contributed by atoms with E-state index < -0.39 is 0 Å². The predicted molar refractivity (Wildman–Crippen MR) is 74.5 cm³/mol. The number of fused-ring (bicyclic) bond motifs is 1. The molecule has 0 bridgehead atoms. The van der Waals surface area contributed by atoms with Gasteiger partial charge in [0.25, 0.3) is 0 Å². The number of nitrogens with two attached hydrogens (primary N) is 1. The molecule has 0 amide bonds. The van der Waals surface area contributed by atoms with E-state index in [-0.39, 0.29) is 0 Å². The highest BCUT2D eigenvalue weighted by molar-refractivity contribution is 5.43. The second kappa shape index (κ2) is 5.27. The number of aromatic nitrogens is 1. The molecule has 3 rings (SSSR count). The van der Waals surface area contributed by atoms with Crippen LogP contribution in [0.5, 0.6) is 0 Å². The molecule has 1 saturated carbocycles. The second-order valence-electron chi connectivity index (χ2n) is 5.67. The van der Waals surface area contributed by atoms with Gasteiger partial charge in [0.15, 0.2) is 0 Å². The largest absolute Gasteiger partial charge is 0.353 e. The van der Waals surface area contributed by atoms with Crippen molar-refractivity contribution >= 4 is 5.82 Å². The molecule has 1 aliphatic carbocycles. The summed E-state index contributed by atoms with van der Waals surface area (Å²) in [6.07, 6.45) is 10.2. The van der Waals surface area contributed by atoms with Crippen molar-refractivity contribution in [2.45, 2.75) is 51.1 Å². The third kappa shape index (κ3) is 2.24. The first kappa shape index (κ1) is 12.0. The van der Waals surface area contributed by atoms with Gasteiger partial charge in [0.1, 0.15) is 5.82 Å². The standard InChI is InChI=1S/C15H23N3/c16-11-12-7-8-17-15(10-12)18-9-3-5-13-4-1-2-6-14(13)18/h7-8,10,13-14H,1-6,9,11,16H2. The topological polar surface area (TPSA) is 42.1 Å². The Balaban J connectivity index is 1.84. The lowest BCUT2D eigenvalue weighted by Crippen LogP contribution is -2.47. The maximum atomic E-state index is 5.73. The Morgan fingerprint density at radius 1 is 1.22 bits per heavy atom. The number of pyridine rings is 1. The van der Waals surface area contributed by atoms with E-state index in [0.717, 1.165) is 17.8 Å². The molecule has 2 heterocycles. The van der Waals surface area contributed by atoms with E-state index in [1.54, 1.807) is 0 Å². The number of hydrogen-bond donors (Lipinski definition) is 1. The fourth-order valence-corrected chi connectivity index (χ4v) is 3.65. The molecule has 2 N–H and O–H groups in total. The van der Waals surface area contributed by atoms with Crippen molar-refractivity contribution in [3.05, 3.63) is 23.9 Å². The van der Waals surface area contributed by atoms with Crippen LogP contribution in [0.3, 0.4) is 0 Å². The van der Waals surface area contributed by atoms with Gasteiger partial charge in [-0.25, -0.2) is 4.98 Å². The average Bonchev–Trinajstić information content (AvgIpc) is 2.47. The molecule has 1 aromatic heterocycles. The summed E-state index contributed by atoms with van der Waals surface area (Å²) in [4.78, 5) is 7.12. The summed E-state index contributed by atoms with van der Waals surface area (Å²) in [6, 6.07) is 4.93. The molecule has 2 atom stereocenters. The Morgan fingerprint density at radius 3 is 2.94 bits per heavy atom. The molecule has 0 spiro atoms. The molecule has 2 fully saturated rings. The van der Waals surface area contributed by atoms with Gasteiger partial charge in [0, 0.05) is 25.3 Å². The van der Waals surface area contributed by atoms with Crippen molar-refractivity contribution < 1.29 is 0 Å². The molecule has 3 heteroatoms. The van der Waals surface area contributed by atoms with Crippen LogP contribution >= 0.6 is 0 Å². The SMILES string of the molecule is NCc1ccnc(N2CCCC3CCCCC32)c1. The van der Waals surface area contributed by atoms with Gasteiger partial charge in [-0.3, -0.25) is 0 Å². The first-order valence-electron chi connectivity index (χ1n) is 7.30. The fraction of sp³-hybridized carbons (Fsp3) is 0.667.